The van der Waals surface area contributed by atoms with E-state index in [0.717, 1.165) is 10.5 Å². The molecule has 0 heterocycles. The number of aryl methyl sites for hydroxylation is 1. The monoisotopic (exact) mass is 362 g/mol. The van der Waals surface area contributed by atoms with Gasteiger partial charge in [0.2, 0.25) is 11.8 Å². The van der Waals surface area contributed by atoms with Crippen LogP contribution in [0.2, 0.25) is 5.02 Å². The molecule has 6 heteroatoms. The SMILES string of the molecule is Cc1ccccc1SCC(=O)N(C)CC(=O)Nc1ccc(Cl)cc1. The minimum atomic E-state index is -0.242. The van der Waals surface area contributed by atoms with Gasteiger partial charge in [0.15, 0.2) is 0 Å². The number of halogens is 1. The van der Waals surface area contributed by atoms with Gasteiger partial charge in [0.25, 0.3) is 0 Å². The number of anilines is 1. The van der Waals surface area contributed by atoms with E-state index >= 15 is 0 Å². The molecule has 0 bridgehead atoms. The molecule has 0 atom stereocenters. The maximum atomic E-state index is 12.2. The van der Waals surface area contributed by atoms with Crippen molar-refractivity contribution in [3.8, 4) is 0 Å². The summed E-state index contributed by atoms with van der Waals surface area (Å²) < 4.78 is 0. The van der Waals surface area contributed by atoms with Gasteiger partial charge in [-0.1, -0.05) is 29.8 Å². The summed E-state index contributed by atoms with van der Waals surface area (Å²) in [5, 5.41) is 3.34. The van der Waals surface area contributed by atoms with Crippen LogP contribution in [-0.2, 0) is 9.59 Å². The van der Waals surface area contributed by atoms with Crippen LogP contribution in [0.3, 0.4) is 0 Å². The molecule has 2 amide bonds. The highest BCUT2D eigenvalue weighted by Crippen LogP contribution is 2.21. The standard InChI is InChI=1S/C18H19ClN2O2S/c1-13-5-3-4-6-16(13)24-12-18(23)21(2)11-17(22)20-15-9-7-14(19)8-10-15/h3-10H,11-12H2,1-2H3,(H,20,22). The smallest absolute Gasteiger partial charge is 0.243 e. The van der Waals surface area contributed by atoms with E-state index in [2.05, 4.69) is 5.32 Å². The zero-order valence-electron chi connectivity index (χ0n) is 13.6. The minimum absolute atomic E-state index is 0.00971. The Morgan fingerprint density at radius 2 is 1.79 bits per heavy atom. The quantitative estimate of drug-likeness (QED) is 0.794. The van der Waals surface area contributed by atoms with Crippen molar-refractivity contribution in [3.05, 3.63) is 59.1 Å². The molecule has 0 saturated carbocycles. The van der Waals surface area contributed by atoms with E-state index in [0.29, 0.717) is 16.5 Å². The Morgan fingerprint density at radius 3 is 2.46 bits per heavy atom. The molecule has 0 aromatic heterocycles. The maximum Gasteiger partial charge on any atom is 0.243 e. The Kier molecular flexibility index (Phi) is 6.70. The van der Waals surface area contributed by atoms with Gasteiger partial charge in [-0.25, -0.2) is 0 Å². The highest BCUT2D eigenvalue weighted by atomic mass is 35.5. The molecule has 126 valence electrons. The molecular formula is C18H19ClN2O2S. The number of thioether (sulfide) groups is 1. The van der Waals surface area contributed by atoms with E-state index in [1.807, 2.05) is 31.2 Å². The highest BCUT2D eigenvalue weighted by Gasteiger charge is 2.14. The number of amides is 2. The lowest BCUT2D eigenvalue weighted by Crippen LogP contribution is -2.35. The fraction of sp³-hybridized carbons (Fsp3) is 0.222. The van der Waals surface area contributed by atoms with Gasteiger partial charge in [0.05, 0.1) is 12.3 Å². The van der Waals surface area contributed by atoms with Crippen molar-refractivity contribution in [2.75, 3.05) is 24.7 Å². The lowest BCUT2D eigenvalue weighted by Gasteiger charge is -2.17. The Morgan fingerprint density at radius 1 is 1.12 bits per heavy atom. The third-order valence-electron chi connectivity index (χ3n) is 3.38. The Hall–Kier alpha value is -1.98. The van der Waals surface area contributed by atoms with Crippen LogP contribution in [0.25, 0.3) is 0 Å². The molecule has 2 aromatic rings. The van der Waals surface area contributed by atoms with Crippen molar-refractivity contribution < 1.29 is 9.59 Å². The zero-order chi connectivity index (χ0) is 17.5. The van der Waals surface area contributed by atoms with Crippen LogP contribution in [0.4, 0.5) is 5.69 Å². The first kappa shape index (κ1) is 18.4. The maximum absolute atomic E-state index is 12.2. The lowest BCUT2D eigenvalue weighted by molar-refractivity contribution is -0.131. The topological polar surface area (TPSA) is 49.4 Å². The van der Waals surface area contributed by atoms with E-state index in [4.69, 9.17) is 11.6 Å². The van der Waals surface area contributed by atoms with Crippen LogP contribution >= 0.6 is 23.4 Å². The molecule has 0 aliphatic carbocycles. The van der Waals surface area contributed by atoms with Crippen molar-refractivity contribution in [2.24, 2.45) is 0 Å². The molecule has 2 aromatic carbocycles. The number of nitrogens with one attached hydrogen (secondary N) is 1. The summed E-state index contributed by atoms with van der Waals surface area (Å²) >= 11 is 7.28. The third-order valence-corrected chi connectivity index (χ3v) is 4.79. The first-order chi connectivity index (χ1) is 11.5. The van der Waals surface area contributed by atoms with Gasteiger partial charge in [-0.2, -0.15) is 0 Å². The fourth-order valence-corrected chi connectivity index (χ4v) is 3.10. The van der Waals surface area contributed by atoms with Gasteiger partial charge < -0.3 is 10.2 Å². The molecule has 24 heavy (non-hydrogen) atoms. The van der Waals surface area contributed by atoms with E-state index in [-0.39, 0.29) is 18.4 Å². The van der Waals surface area contributed by atoms with Gasteiger partial charge >= 0.3 is 0 Å². The number of nitrogens with zero attached hydrogens (tertiary/aromatic N) is 1. The number of rotatable bonds is 6. The summed E-state index contributed by atoms with van der Waals surface area (Å²) in [7, 11) is 1.63. The predicted octanol–water partition coefficient (Wildman–Crippen LogP) is 3.84. The number of likely N-dealkylation sites (N-methyl/N-ethyl adjacent to an activating group) is 1. The fourth-order valence-electron chi connectivity index (χ4n) is 2.01. The van der Waals surface area contributed by atoms with Crippen LogP contribution in [0, 0.1) is 6.92 Å². The lowest BCUT2D eigenvalue weighted by atomic mass is 10.2. The zero-order valence-corrected chi connectivity index (χ0v) is 15.2. The average Bonchev–Trinajstić information content (AvgIpc) is 2.56. The number of hydrogen-bond acceptors (Lipinski definition) is 3. The Labute approximate surface area is 151 Å². The van der Waals surface area contributed by atoms with Gasteiger partial charge in [0, 0.05) is 22.7 Å². The summed E-state index contributed by atoms with van der Waals surface area (Å²) in [6.45, 7) is 2.02. The van der Waals surface area contributed by atoms with Crippen LogP contribution < -0.4 is 5.32 Å². The van der Waals surface area contributed by atoms with Gasteiger partial charge in [-0.15, -0.1) is 11.8 Å². The number of hydrogen-bond donors (Lipinski definition) is 1. The third kappa shape index (κ3) is 5.58. The van der Waals surface area contributed by atoms with E-state index in [1.165, 1.54) is 16.7 Å². The molecular weight excluding hydrogens is 344 g/mol. The molecule has 0 aliphatic rings. The highest BCUT2D eigenvalue weighted by molar-refractivity contribution is 8.00. The molecule has 4 nitrogen and oxygen atoms in total. The molecule has 1 N–H and O–H groups in total. The minimum Gasteiger partial charge on any atom is -0.336 e. The van der Waals surface area contributed by atoms with Crippen molar-refractivity contribution >= 4 is 40.9 Å². The normalized spacial score (nSPS) is 10.3. The van der Waals surface area contributed by atoms with Crippen molar-refractivity contribution in [1.29, 1.82) is 0 Å². The summed E-state index contributed by atoms with van der Waals surface area (Å²) in [6, 6.07) is 14.7. The van der Waals surface area contributed by atoms with Gasteiger partial charge in [0.1, 0.15) is 0 Å². The molecule has 0 saturated heterocycles. The van der Waals surface area contributed by atoms with E-state index < -0.39 is 0 Å². The van der Waals surface area contributed by atoms with Crippen molar-refractivity contribution in [1.82, 2.24) is 4.90 Å². The van der Waals surface area contributed by atoms with Crippen LogP contribution in [0.5, 0.6) is 0 Å². The Bertz CT molecular complexity index is 719. The molecule has 0 spiro atoms. The number of carbonyl (C=O) groups excluding carboxylic acids is 2. The summed E-state index contributed by atoms with van der Waals surface area (Å²) in [5.74, 6) is -0.0289. The van der Waals surface area contributed by atoms with Crippen LogP contribution in [0.15, 0.2) is 53.4 Å². The first-order valence-corrected chi connectivity index (χ1v) is 8.80. The first-order valence-electron chi connectivity index (χ1n) is 7.43. The molecule has 0 fully saturated rings. The predicted molar refractivity (Wildman–Crippen MR) is 99.6 cm³/mol. The second-order valence-electron chi connectivity index (χ2n) is 5.36. The van der Waals surface area contributed by atoms with Crippen molar-refractivity contribution in [3.63, 3.8) is 0 Å². The number of carbonyl (C=O) groups is 2. The number of benzene rings is 2. The second-order valence-corrected chi connectivity index (χ2v) is 6.81. The van der Waals surface area contributed by atoms with Gasteiger partial charge in [-0.3, -0.25) is 9.59 Å². The van der Waals surface area contributed by atoms with E-state index in [1.54, 1.807) is 31.3 Å². The summed E-state index contributed by atoms with van der Waals surface area (Å²) in [4.78, 5) is 26.7. The summed E-state index contributed by atoms with van der Waals surface area (Å²) in [5.41, 5.74) is 1.79. The molecule has 2 rings (SSSR count). The van der Waals surface area contributed by atoms with E-state index in [9.17, 15) is 9.59 Å². The van der Waals surface area contributed by atoms with Crippen LogP contribution in [-0.4, -0.2) is 36.1 Å². The van der Waals surface area contributed by atoms with Crippen molar-refractivity contribution in [2.45, 2.75) is 11.8 Å². The molecule has 0 unspecified atom stereocenters. The van der Waals surface area contributed by atoms with Crippen LogP contribution in [0.1, 0.15) is 5.56 Å². The molecule has 0 radical (unpaired) electrons. The average molecular weight is 363 g/mol. The molecule has 0 aliphatic heterocycles. The Balaban J connectivity index is 1.81. The largest absolute Gasteiger partial charge is 0.336 e. The summed E-state index contributed by atoms with van der Waals surface area (Å²) in [6.07, 6.45) is 0. The second kappa shape index (κ2) is 8.76. The van der Waals surface area contributed by atoms with Gasteiger partial charge in [-0.05, 0) is 42.8 Å².